The number of nitrogens with zero attached hydrogens (tertiary/aromatic N) is 1. The molecule has 4 aromatic rings. The van der Waals surface area contributed by atoms with E-state index in [9.17, 15) is 14.7 Å². The number of benzene rings is 3. The SMILES string of the molecule is CC(=O)c1ccc(OCc2ccc(Cc3cccc(C(=O)O)c3)cc2)c(-c2cccnc2)c1O. The lowest BCUT2D eigenvalue weighted by Gasteiger charge is -2.15. The first-order valence-electron chi connectivity index (χ1n) is 10.7. The Bertz CT molecular complexity index is 1330. The van der Waals surface area contributed by atoms with Gasteiger partial charge in [0, 0.05) is 18.0 Å². The van der Waals surface area contributed by atoms with Crippen molar-refractivity contribution in [3.8, 4) is 22.6 Å². The van der Waals surface area contributed by atoms with Gasteiger partial charge in [-0.15, -0.1) is 0 Å². The molecule has 6 heteroatoms. The number of ether oxygens (including phenoxy) is 1. The summed E-state index contributed by atoms with van der Waals surface area (Å²) in [5, 5.41) is 19.9. The largest absolute Gasteiger partial charge is 0.506 e. The van der Waals surface area contributed by atoms with Crippen LogP contribution in [0.5, 0.6) is 11.5 Å². The van der Waals surface area contributed by atoms with Gasteiger partial charge in [0.2, 0.25) is 0 Å². The van der Waals surface area contributed by atoms with Gasteiger partial charge in [0.15, 0.2) is 5.78 Å². The van der Waals surface area contributed by atoms with E-state index in [-0.39, 0.29) is 29.3 Å². The summed E-state index contributed by atoms with van der Waals surface area (Å²) in [6.45, 7) is 1.67. The molecule has 0 fully saturated rings. The minimum atomic E-state index is -0.942. The number of hydrogen-bond donors (Lipinski definition) is 2. The number of pyridine rings is 1. The van der Waals surface area contributed by atoms with E-state index >= 15 is 0 Å². The minimum Gasteiger partial charge on any atom is -0.506 e. The molecule has 34 heavy (non-hydrogen) atoms. The molecule has 3 aromatic carbocycles. The second-order valence-corrected chi connectivity index (χ2v) is 7.92. The van der Waals surface area contributed by atoms with E-state index < -0.39 is 5.97 Å². The van der Waals surface area contributed by atoms with E-state index in [1.165, 1.54) is 6.92 Å². The molecule has 1 aromatic heterocycles. The number of aromatic nitrogens is 1. The van der Waals surface area contributed by atoms with Gasteiger partial charge < -0.3 is 14.9 Å². The molecule has 1 heterocycles. The van der Waals surface area contributed by atoms with Gasteiger partial charge in [0.05, 0.1) is 16.7 Å². The van der Waals surface area contributed by atoms with Gasteiger partial charge in [-0.05, 0) is 60.4 Å². The van der Waals surface area contributed by atoms with Crippen LogP contribution >= 0.6 is 0 Å². The molecule has 2 N–H and O–H groups in total. The number of carboxylic acid groups (broad SMARTS) is 1. The van der Waals surface area contributed by atoms with Crippen LogP contribution < -0.4 is 4.74 Å². The van der Waals surface area contributed by atoms with Crippen LogP contribution in [0.15, 0.2) is 85.2 Å². The lowest BCUT2D eigenvalue weighted by Crippen LogP contribution is -2.01. The zero-order valence-corrected chi connectivity index (χ0v) is 18.6. The molecule has 0 amide bonds. The molecule has 0 aliphatic carbocycles. The van der Waals surface area contributed by atoms with Crippen molar-refractivity contribution in [3.05, 3.63) is 113 Å². The van der Waals surface area contributed by atoms with Gasteiger partial charge >= 0.3 is 5.97 Å². The fraction of sp³-hybridized carbons (Fsp3) is 0.107. The van der Waals surface area contributed by atoms with Crippen molar-refractivity contribution in [2.75, 3.05) is 0 Å². The Morgan fingerprint density at radius 1 is 0.912 bits per heavy atom. The van der Waals surface area contributed by atoms with Crippen molar-refractivity contribution < 1.29 is 24.5 Å². The Hall–Kier alpha value is -4.45. The number of hydrogen-bond acceptors (Lipinski definition) is 5. The van der Waals surface area contributed by atoms with Crippen LogP contribution in [-0.2, 0) is 13.0 Å². The number of aromatic carboxylic acids is 1. The van der Waals surface area contributed by atoms with Gasteiger partial charge in [-0.2, -0.15) is 0 Å². The van der Waals surface area contributed by atoms with E-state index in [0.717, 1.165) is 16.7 Å². The summed E-state index contributed by atoms with van der Waals surface area (Å²) in [5.41, 5.74) is 4.47. The smallest absolute Gasteiger partial charge is 0.335 e. The Labute approximate surface area is 197 Å². The second-order valence-electron chi connectivity index (χ2n) is 7.92. The predicted octanol–water partition coefficient (Wildman–Crippen LogP) is 5.52. The van der Waals surface area contributed by atoms with Gasteiger partial charge in [0.25, 0.3) is 0 Å². The highest BCUT2D eigenvalue weighted by molar-refractivity contribution is 6.00. The average Bonchev–Trinajstić information content (AvgIpc) is 2.84. The molecule has 170 valence electrons. The highest BCUT2D eigenvalue weighted by atomic mass is 16.5. The normalized spacial score (nSPS) is 10.6. The van der Waals surface area contributed by atoms with Crippen LogP contribution in [0.3, 0.4) is 0 Å². The molecule has 0 saturated heterocycles. The Morgan fingerprint density at radius 2 is 1.68 bits per heavy atom. The summed E-state index contributed by atoms with van der Waals surface area (Å²) in [7, 11) is 0. The van der Waals surface area contributed by atoms with Crippen molar-refractivity contribution >= 4 is 11.8 Å². The summed E-state index contributed by atoms with van der Waals surface area (Å²) in [6, 6.07) is 21.5. The van der Waals surface area contributed by atoms with Gasteiger partial charge in [-0.1, -0.05) is 42.5 Å². The van der Waals surface area contributed by atoms with Gasteiger partial charge in [-0.3, -0.25) is 9.78 Å². The first-order chi connectivity index (χ1) is 16.4. The Balaban J connectivity index is 1.52. The molecule has 0 atom stereocenters. The molecular weight excluding hydrogens is 430 g/mol. The van der Waals surface area contributed by atoms with Crippen molar-refractivity contribution in [1.29, 1.82) is 0 Å². The summed E-state index contributed by atoms with van der Waals surface area (Å²) in [6.07, 6.45) is 3.86. The van der Waals surface area contributed by atoms with Gasteiger partial charge in [-0.25, -0.2) is 4.79 Å². The number of carbonyl (C=O) groups is 2. The van der Waals surface area contributed by atoms with E-state index in [0.29, 0.717) is 23.3 Å². The van der Waals surface area contributed by atoms with Crippen molar-refractivity contribution in [2.24, 2.45) is 0 Å². The molecule has 0 bridgehead atoms. The monoisotopic (exact) mass is 453 g/mol. The highest BCUT2D eigenvalue weighted by Gasteiger charge is 2.18. The number of aromatic hydroxyl groups is 1. The molecule has 0 aliphatic rings. The lowest BCUT2D eigenvalue weighted by atomic mass is 9.99. The molecule has 6 nitrogen and oxygen atoms in total. The molecule has 0 spiro atoms. The maximum absolute atomic E-state index is 11.9. The van der Waals surface area contributed by atoms with Crippen LogP contribution in [-0.4, -0.2) is 26.9 Å². The van der Waals surface area contributed by atoms with Crippen molar-refractivity contribution in [1.82, 2.24) is 4.98 Å². The number of rotatable bonds is 8. The zero-order chi connectivity index (χ0) is 24.1. The first kappa shape index (κ1) is 22.7. The van der Waals surface area contributed by atoms with Crippen LogP contribution in [0.4, 0.5) is 0 Å². The average molecular weight is 453 g/mol. The maximum atomic E-state index is 11.9. The third kappa shape index (κ3) is 5.13. The van der Waals surface area contributed by atoms with Crippen molar-refractivity contribution in [3.63, 3.8) is 0 Å². The summed E-state index contributed by atoms with van der Waals surface area (Å²) < 4.78 is 6.03. The van der Waals surface area contributed by atoms with E-state index in [4.69, 9.17) is 9.84 Å². The lowest BCUT2D eigenvalue weighted by molar-refractivity contribution is 0.0696. The Kier molecular flexibility index (Phi) is 6.69. The molecule has 0 saturated carbocycles. The third-order valence-electron chi connectivity index (χ3n) is 5.47. The zero-order valence-electron chi connectivity index (χ0n) is 18.6. The molecule has 0 radical (unpaired) electrons. The van der Waals surface area contributed by atoms with Crippen LogP contribution in [0.1, 0.15) is 44.3 Å². The number of ketones is 1. The van der Waals surface area contributed by atoms with E-state index in [1.54, 1.807) is 54.9 Å². The molecular formula is C28H23NO5. The molecule has 0 aliphatic heterocycles. The molecule has 4 rings (SSSR count). The van der Waals surface area contributed by atoms with E-state index in [1.807, 2.05) is 30.3 Å². The summed E-state index contributed by atoms with van der Waals surface area (Å²) in [5.74, 6) is -0.858. The van der Waals surface area contributed by atoms with Crippen LogP contribution in [0.2, 0.25) is 0 Å². The van der Waals surface area contributed by atoms with Crippen LogP contribution in [0, 0.1) is 0 Å². The number of phenols is 1. The number of phenolic OH excluding ortho intramolecular Hbond substituents is 1. The standard InChI is InChI=1S/C28H23NO5/c1-18(30)24-11-12-25(26(27(24)31)23-6-3-13-29-16-23)34-17-20-9-7-19(8-10-20)14-21-4-2-5-22(15-21)28(32)33/h2-13,15-16,31H,14,17H2,1H3,(H,32,33). The fourth-order valence-corrected chi connectivity index (χ4v) is 3.73. The summed E-state index contributed by atoms with van der Waals surface area (Å²) >= 11 is 0. The Morgan fingerprint density at radius 3 is 2.35 bits per heavy atom. The fourth-order valence-electron chi connectivity index (χ4n) is 3.73. The number of Topliss-reactive ketones (excluding diaryl/α,β-unsaturated/α-hetero) is 1. The van der Waals surface area contributed by atoms with Gasteiger partial charge in [0.1, 0.15) is 18.1 Å². The summed E-state index contributed by atoms with van der Waals surface area (Å²) in [4.78, 5) is 27.2. The topological polar surface area (TPSA) is 96.7 Å². The number of carbonyl (C=O) groups excluding carboxylic acids is 1. The first-order valence-corrected chi connectivity index (χ1v) is 10.7. The van der Waals surface area contributed by atoms with Crippen molar-refractivity contribution in [2.45, 2.75) is 20.0 Å². The number of carboxylic acids is 1. The third-order valence-corrected chi connectivity index (χ3v) is 5.47. The molecule has 0 unspecified atom stereocenters. The van der Waals surface area contributed by atoms with E-state index in [2.05, 4.69) is 4.98 Å². The quantitative estimate of drug-likeness (QED) is 0.341. The van der Waals surface area contributed by atoms with Crippen LogP contribution in [0.25, 0.3) is 11.1 Å². The highest BCUT2D eigenvalue weighted by Crippen LogP contribution is 2.40. The second kappa shape index (κ2) is 10.0. The minimum absolute atomic E-state index is 0.128. The maximum Gasteiger partial charge on any atom is 0.335 e. The predicted molar refractivity (Wildman–Crippen MR) is 128 cm³/mol.